The summed E-state index contributed by atoms with van der Waals surface area (Å²) >= 11 is 0. The molecule has 33 heavy (non-hydrogen) atoms. The number of nitrogens with one attached hydrogen (secondary N) is 1. The fourth-order valence-corrected chi connectivity index (χ4v) is 5.10. The molecule has 1 aromatic heterocycles. The topological polar surface area (TPSA) is 33.1 Å². The fraction of sp³-hybridized carbons (Fsp3) is 0.423. The molecule has 2 aliphatic rings. The average molecular weight is 455 g/mol. The van der Waals surface area contributed by atoms with E-state index in [1.807, 2.05) is 10.7 Å². The first kappa shape index (κ1) is 22.0. The van der Waals surface area contributed by atoms with Crippen LogP contribution in [0.15, 0.2) is 54.6 Å². The minimum absolute atomic E-state index is 0.326. The van der Waals surface area contributed by atoms with Gasteiger partial charge in [-0.15, -0.1) is 0 Å². The molecule has 0 bridgehead atoms. The van der Waals surface area contributed by atoms with Crippen molar-refractivity contribution < 1.29 is 13.2 Å². The highest BCUT2D eigenvalue weighted by molar-refractivity contribution is 5.55. The molecule has 4 nitrogen and oxygen atoms in total. The lowest BCUT2D eigenvalue weighted by Gasteiger charge is -2.32. The molecule has 0 spiro atoms. The first-order chi connectivity index (χ1) is 16.0. The van der Waals surface area contributed by atoms with Gasteiger partial charge in [0, 0.05) is 31.1 Å². The third-order valence-corrected chi connectivity index (χ3v) is 6.74. The van der Waals surface area contributed by atoms with Gasteiger partial charge in [0.25, 0.3) is 0 Å². The maximum absolute atomic E-state index is 13.0. The van der Waals surface area contributed by atoms with Gasteiger partial charge in [-0.25, -0.2) is 4.68 Å². The van der Waals surface area contributed by atoms with E-state index < -0.39 is 11.7 Å². The summed E-state index contributed by atoms with van der Waals surface area (Å²) in [5.74, 6) is 1.27. The number of rotatable bonds is 4. The molecule has 3 heterocycles. The maximum atomic E-state index is 13.0. The van der Waals surface area contributed by atoms with Crippen LogP contribution in [0.3, 0.4) is 0 Å². The Labute approximate surface area is 192 Å². The Morgan fingerprint density at radius 1 is 0.970 bits per heavy atom. The second kappa shape index (κ2) is 9.21. The Kier molecular flexibility index (Phi) is 6.15. The first-order valence-corrected chi connectivity index (χ1v) is 11.8. The van der Waals surface area contributed by atoms with Crippen molar-refractivity contribution in [1.82, 2.24) is 14.7 Å². The first-order valence-electron chi connectivity index (χ1n) is 11.8. The van der Waals surface area contributed by atoms with E-state index in [4.69, 9.17) is 5.10 Å². The van der Waals surface area contributed by atoms with Gasteiger partial charge in [0.05, 0.1) is 16.9 Å². The van der Waals surface area contributed by atoms with Crippen LogP contribution in [0.25, 0.3) is 5.69 Å². The van der Waals surface area contributed by atoms with Crippen molar-refractivity contribution >= 4 is 5.82 Å². The number of aromatic nitrogens is 2. The number of fused-ring (bicyclic) bond motifs is 1. The minimum Gasteiger partial charge on any atom is -0.370 e. The summed E-state index contributed by atoms with van der Waals surface area (Å²) in [4.78, 5) is 2.50. The summed E-state index contributed by atoms with van der Waals surface area (Å²) in [6.45, 7) is 3.80. The molecule has 3 aromatic rings. The molecular weight excluding hydrogens is 425 g/mol. The van der Waals surface area contributed by atoms with E-state index in [9.17, 15) is 13.2 Å². The zero-order chi connectivity index (χ0) is 22.8. The van der Waals surface area contributed by atoms with Crippen LogP contribution in [0.5, 0.6) is 0 Å². The molecule has 0 aliphatic carbocycles. The maximum Gasteiger partial charge on any atom is 0.416 e. The Morgan fingerprint density at radius 2 is 1.76 bits per heavy atom. The number of anilines is 1. The van der Waals surface area contributed by atoms with E-state index in [-0.39, 0.29) is 0 Å². The van der Waals surface area contributed by atoms with Crippen LogP contribution in [0, 0.1) is 0 Å². The lowest BCUT2D eigenvalue weighted by atomic mass is 9.91. The monoisotopic (exact) mass is 454 g/mol. The fourth-order valence-electron chi connectivity index (χ4n) is 5.10. The zero-order valence-corrected chi connectivity index (χ0v) is 18.6. The van der Waals surface area contributed by atoms with Gasteiger partial charge in [0.1, 0.15) is 5.82 Å². The van der Waals surface area contributed by atoms with E-state index in [1.165, 1.54) is 23.3 Å². The van der Waals surface area contributed by atoms with Crippen molar-refractivity contribution in [2.45, 2.75) is 50.7 Å². The van der Waals surface area contributed by atoms with Crippen LogP contribution in [0.4, 0.5) is 19.0 Å². The van der Waals surface area contributed by atoms with Crippen molar-refractivity contribution in [2.75, 3.05) is 25.0 Å². The molecule has 0 amide bonds. The lowest BCUT2D eigenvalue weighted by molar-refractivity contribution is -0.137. The summed E-state index contributed by atoms with van der Waals surface area (Å²) in [7, 11) is 0. The van der Waals surface area contributed by atoms with Gasteiger partial charge in [-0.2, -0.15) is 18.3 Å². The molecule has 5 rings (SSSR count). The number of benzene rings is 2. The van der Waals surface area contributed by atoms with Crippen LogP contribution in [-0.4, -0.2) is 34.3 Å². The SMILES string of the molecule is FC(F)(F)c1ccc(-n2nc(C3CCCN(Cc4ccccc4)C3)c3c2NCCCC3)cc1. The standard InChI is InChI=1S/C26H29F3N4/c27-26(28,29)21-11-13-22(14-12-21)33-25-23(10-4-5-15-30-25)24(31-33)20-9-6-16-32(18-20)17-19-7-2-1-3-8-19/h1-3,7-8,11-14,20,30H,4-6,9-10,15-18H2. The Bertz CT molecular complexity index is 1070. The van der Waals surface area contributed by atoms with Gasteiger partial charge in [-0.1, -0.05) is 30.3 Å². The van der Waals surface area contributed by atoms with Crippen molar-refractivity contribution in [1.29, 1.82) is 0 Å². The predicted octanol–water partition coefficient (Wildman–Crippen LogP) is 6.02. The number of hydrogen-bond acceptors (Lipinski definition) is 3. The molecule has 2 aliphatic heterocycles. The van der Waals surface area contributed by atoms with E-state index in [0.717, 1.165) is 81.9 Å². The summed E-state index contributed by atoms with van der Waals surface area (Å²) in [6.07, 6.45) is 0.980. The molecule has 1 fully saturated rings. The minimum atomic E-state index is -4.34. The molecule has 7 heteroatoms. The van der Waals surface area contributed by atoms with Crippen LogP contribution in [0.1, 0.15) is 54.0 Å². The third-order valence-electron chi connectivity index (χ3n) is 6.74. The van der Waals surface area contributed by atoms with E-state index in [0.29, 0.717) is 11.6 Å². The summed E-state index contributed by atoms with van der Waals surface area (Å²) < 4.78 is 41.0. The molecule has 1 N–H and O–H groups in total. The van der Waals surface area contributed by atoms with Gasteiger partial charge in [0.2, 0.25) is 0 Å². The number of alkyl halides is 3. The van der Waals surface area contributed by atoms with Crippen LogP contribution in [-0.2, 0) is 19.1 Å². The predicted molar refractivity (Wildman–Crippen MR) is 124 cm³/mol. The molecule has 0 saturated carbocycles. The Hall–Kier alpha value is -2.80. The van der Waals surface area contributed by atoms with Gasteiger partial charge in [0.15, 0.2) is 0 Å². The van der Waals surface area contributed by atoms with Crippen molar-refractivity contribution in [3.05, 3.63) is 77.0 Å². The highest BCUT2D eigenvalue weighted by Crippen LogP contribution is 2.37. The van der Waals surface area contributed by atoms with E-state index >= 15 is 0 Å². The number of likely N-dealkylation sites (tertiary alicyclic amines) is 1. The third kappa shape index (κ3) is 4.78. The molecule has 0 radical (unpaired) electrons. The average Bonchev–Trinajstić information content (AvgIpc) is 3.00. The largest absolute Gasteiger partial charge is 0.416 e. The van der Waals surface area contributed by atoms with E-state index in [2.05, 4.69) is 34.5 Å². The smallest absolute Gasteiger partial charge is 0.370 e. The molecule has 1 unspecified atom stereocenters. The highest BCUT2D eigenvalue weighted by Gasteiger charge is 2.32. The van der Waals surface area contributed by atoms with Crippen LogP contribution < -0.4 is 5.32 Å². The molecule has 1 saturated heterocycles. The highest BCUT2D eigenvalue weighted by atomic mass is 19.4. The van der Waals surface area contributed by atoms with Crippen molar-refractivity contribution in [3.8, 4) is 5.69 Å². The molecule has 1 atom stereocenters. The van der Waals surface area contributed by atoms with Gasteiger partial charge in [-0.3, -0.25) is 4.90 Å². The van der Waals surface area contributed by atoms with Gasteiger partial charge in [-0.05, 0) is 68.5 Å². The zero-order valence-electron chi connectivity index (χ0n) is 18.6. The summed E-state index contributed by atoms with van der Waals surface area (Å²) in [5.41, 5.74) is 3.68. The van der Waals surface area contributed by atoms with Crippen LogP contribution >= 0.6 is 0 Å². The molecular formula is C26H29F3N4. The van der Waals surface area contributed by atoms with Crippen molar-refractivity contribution in [3.63, 3.8) is 0 Å². The second-order valence-electron chi connectivity index (χ2n) is 9.11. The normalized spacial score (nSPS) is 19.5. The number of piperidine rings is 1. The lowest BCUT2D eigenvalue weighted by Crippen LogP contribution is -2.34. The quantitative estimate of drug-likeness (QED) is 0.523. The Morgan fingerprint density at radius 3 is 2.52 bits per heavy atom. The van der Waals surface area contributed by atoms with Crippen LogP contribution in [0.2, 0.25) is 0 Å². The number of halogens is 3. The molecule has 2 aromatic carbocycles. The van der Waals surface area contributed by atoms with Gasteiger partial charge < -0.3 is 5.32 Å². The second-order valence-corrected chi connectivity index (χ2v) is 9.11. The summed E-state index contributed by atoms with van der Waals surface area (Å²) in [5, 5.41) is 8.52. The Balaban J connectivity index is 1.44. The van der Waals surface area contributed by atoms with Gasteiger partial charge >= 0.3 is 6.18 Å². The number of hydrogen-bond donors (Lipinski definition) is 1. The van der Waals surface area contributed by atoms with Crippen molar-refractivity contribution in [2.24, 2.45) is 0 Å². The van der Waals surface area contributed by atoms with E-state index in [1.54, 1.807) is 0 Å². The molecule has 174 valence electrons. The number of nitrogens with zero attached hydrogens (tertiary/aromatic N) is 3. The summed E-state index contributed by atoms with van der Waals surface area (Å²) in [6, 6.07) is 15.9.